The van der Waals surface area contributed by atoms with Crippen LogP contribution in [-0.4, -0.2) is 47.3 Å². The Kier molecular flexibility index (Phi) is 4.68. The average molecular weight is 254 g/mol. The van der Waals surface area contributed by atoms with E-state index >= 15 is 0 Å². The minimum Gasteiger partial charge on any atom is -0.394 e. The number of rotatable bonds is 9. The van der Waals surface area contributed by atoms with E-state index in [0.29, 0.717) is 12.1 Å². The van der Waals surface area contributed by atoms with Crippen molar-refractivity contribution in [1.29, 1.82) is 0 Å². The van der Waals surface area contributed by atoms with Crippen molar-refractivity contribution in [3.8, 4) is 0 Å². The Morgan fingerprint density at radius 3 is 2.44 bits per heavy atom. The van der Waals surface area contributed by atoms with Gasteiger partial charge in [0, 0.05) is 24.2 Å². The van der Waals surface area contributed by atoms with Crippen molar-refractivity contribution in [2.75, 3.05) is 19.7 Å². The van der Waals surface area contributed by atoms with E-state index in [-0.39, 0.29) is 12.1 Å². The van der Waals surface area contributed by atoms with Gasteiger partial charge in [-0.3, -0.25) is 0 Å². The molecule has 106 valence electrons. The van der Waals surface area contributed by atoms with Crippen LogP contribution in [0.1, 0.15) is 52.9 Å². The zero-order valence-corrected chi connectivity index (χ0v) is 12.3. The highest BCUT2D eigenvalue weighted by Crippen LogP contribution is 2.31. The van der Waals surface area contributed by atoms with Crippen LogP contribution in [0.15, 0.2) is 0 Å². The number of hydrogen-bond donors (Lipinski definition) is 2. The highest BCUT2D eigenvalue weighted by Gasteiger charge is 2.35. The molecule has 2 saturated carbocycles. The van der Waals surface area contributed by atoms with Crippen LogP contribution < -0.4 is 5.32 Å². The number of aliphatic hydroxyl groups is 1. The molecule has 0 radical (unpaired) electrons. The summed E-state index contributed by atoms with van der Waals surface area (Å²) in [4.78, 5) is 2.58. The molecule has 0 amide bonds. The summed E-state index contributed by atoms with van der Waals surface area (Å²) < 4.78 is 0. The van der Waals surface area contributed by atoms with E-state index in [1.807, 2.05) is 0 Å². The predicted molar refractivity (Wildman–Crippen MR) is 75.7 cm³/mol. The van der Waals surface area contributed by atoms with Gasteiger partial charge in [0.1, 0.15) is 0 Å². The van der Waals surface area contributed by atoms with E-state index in [1.54, 1.807) is 0 Å². The van der Waals surface area contributed by atoms with E-state index in [9.17, 15) is 5.11 Å². The van der Waals surface area contributed by atoms with Crippen molar-refractivity contribution in [2.45, 2.75) is 70.5 Å². The molecule has 2 rings (SSSR count). The van der Waals surface area contributed by atoms with Crippen LogP contribution in [0, 0.1) is 5.92 Å². The van der Waals surface area contributed by atoms with Crippen molar-refractivity contribution in [1.82, 2.24) is 10.2 Å². The molecule has 18 heavy (non-hydrogen) atoms. The number of nitrogens with one attached hydrogen (secondary N) is 1. The lowest BCUT2D eigenvalue weighted by Gasteiger charge is -2.36. The van der Waals surface area contributed by atoms with Gasteiger partial charge in [0.05, 0.1) is 6.61 Å². The third-order valence-corrected chi connectivity index (χ3v) is 4.44. The summed E-state index contributed by atoms with van der Waals surface area (Å²) >= 11 is 0. The van der Waals surface area contributed by atoms with Gasteiger partial charge in [0.2, 0.25) is 0 Å². The largest absolute Gasteiger partial charge is 0.394 e. The first-order valence-corrected chi connectivity index (χ1v) is 7.69. The van der Waals surface area contributed by atoms with E-state index in [4.69, 9.17) is 0 Å². The van der Waals surface area contributed by atoms with Gasteiger partial charge < -0.3 is 15.3 Å². The lowest BCUT2D eigenvalue weighted by molar-refractivity contribution is 0.113. The maximum atomic E-state index is 9.68. The van der Waals surface area contributed by atoms with Crippen molar-refractivity contribution >= 4 is 0 Å². The summed E-state index contributed by atoms with van der Waals surface area (Å²) in [5.74, 6) is 0.948. The SMILES string of the molecule is CCN(CC1CC1)C(C)CC(C)(CO)NC1CC1. The first-order valence-electron chi connectivity index (χ1n) is 7.69. The van der Waals surface area contributed by atoms with Gasteiger partial charge >= 0.3 is 0 Å². The molecule has 0 bridgehead atoms. The fourth-order valence-corrected chi connectivity index (χ4v) is 2.92. The molecular formula is C15H30N2O. The van der Waals surface area contributed by atoms with Crippen LogP contribution in [0.3, 0.4) is 0 Å². The molecule has 0 spiro atoms. The molecule has 3 nitrogen and oxygen atoms in total. The Bertz CT molecular complexity index is 263. The smallest absolute Gasteiger partial charge is 0.0611 e. The van der Waals surface area contributed by atoms with Crippen LogP contribution in [0.25, 0.3) is 0 Å². The predicted octanol–water partition coefficient (Wildman–Crippen LogP) is 2.00. The minimum atomic E-state index is -0.0996. The van der Waals surface area contributed by atoms with Gasteiger partial charge in [-0.05, 0) is 58.4 Å². The molecule has 2 atom stereocenters. The van der Waals surface area contributed by atoms with Crippen LogP contribution in [0.5, 0.6) is 0 Å². The van der Waals surface area contributed by atoms with Gasteiger partial charge in [0.15, 0.2) is 0 Å². The monoisotopic (exact) mass is 254 g/mol. The molecular weight excluding hydrogens is 224 g/mol. The number of hydrogen-bond acceptors (Lipinski definition) is 3. The topological polar surface area (TPSA) is 35.5 Å². The van der Waals surface area contributed by atoms with E-state index in [0.717, 1.165) is 18.9 Å². The highest BCUT2D eigenvalue weighted by atomic mass is 16.3. The Balaban J connectivity index is 1.82. The second-order valence-electron chi connectivity index (χ2n) is 6.72. The summed E-state index contributed by atoms with van der Waals surface area (Å²) in [6.07, 6.45) is 6.44. The Morgan fingerprint density at radius 1 is 1.33 bits per heavy atom. The van der Waals surface area contributed by atoms with Gasteiger partial charge in [-0.2, -0.15) is 0 Å². The van der Waals surface area contributed by atoms with Gasteiger partial charge in [-0.15, -0.1) is 0 Å². The molecule has 2 N–H and O–H groups in total. The van der Waals surface area contributed by atoms with E-state index in [2.05, 4.69) is 31.0 Å². The molecule has 3 heteroatoms. The normalized spacial score (nSPS) is 25.2. The molecule has 0 aromatic heterocycles. The maximum Gasteiger partial charge on any atom is 0.0611 e. The summed E-state index contributed by atoms with van der Waals surface area (Å²) in [5, 5.41) is 13.3. The van der Waals surface area contributed by atoms with Crippen LogP contribution >= 0.6 is 0 Å². The first kappa shape index (κ1) is 14.3. The molecule has 2 fully saturated rings. The van der Waals surface area contributed by atoms with Gasteiger partial charge in [0.25, 0.3) is 0 Å². The first-order chi connectivity index (χ1) is 8.56. The van der Waals surface area contributed by atoms with Crippen molar-refractivity contribution in [3.63, 3.8) is 0 Å². The third kappa shape index (κ3) is 4.22. The van der Waals surface area contributed by atoms with Crippen molar-refractivity contribution < 1.29 is 5.11 Å². The van der Waals surface area contributed by atoms with Gasteiger partial charge in [-0.25, -0.2) is 0 Å². The molecule has 0 aromatic rings. The quantitative estimate of drug-likeness (QED) is 0.660. The number of nitrogens with zero attached hydrogens (tertiary/aromatic N) is 1. The standard InChI is InChI=1S/C15H30N2O/c1-4-17(10-13-5-6-13)12(2)9-15(3,11-18)16-14-7-8-14/h12-14,16,18H,4-11H2,1-3H3. The molecule has 0 heterocycles. The summed E-state index contributed by atoms with van der Waals surface area (Å²) in [5.41, 5.74) is -0.0996. The van der Waals surface area contributed by atoms with Crippen molar-refractivity contribution in [3.05, 3.63) is 0 Å². The fourth-order valence-electron chi connectivity index (χ4n) is 2.92. The van der Waals surface area contributed by atoms with E-state index in [1.165, 1.54) is 32.2 Å². The van der Waals surface area contributed by atoms with Crippen LogP contribution in [0.4, 0.5) is 0 Å². The Labute approximate surface area is 112 Å². The molecule has 0 aliphatic heterocycles. The molecule has 2 aliphatic rings. The number of aliphatic hydroxyl groups excluding tert-OH is 1. The molecule has 0 saturated heterocycles. The Hall–Kier alpha value is -0.120. The molecule has 0 aromatic carbocycles. The zero-order chi connectivity index (χ0) is 13.2. The van der Waals surface area contributed by atoms with E-state index < -0.39 is 0 Å². The Morgan fingerprint density at radius 2 is 2.00 bits per heavy atom. The fraction of sp³-hybridized carbons (Fsp3) is 1.00. The lowest BCUT2D eigenvalue weighted by Crippen LogP contribution is -2.51. The third-order valence-electron chi connectivity index (χ3n) is 4.44. The summed E-state index contributed by atoms with van der Waals surface area (Å²) in [6, 6.07) is 1.21. The second kappa shape index (κ2) is 5.89. The van der Waals surface area contributed by atoms with Crippen LogP contribution in [-0.2, 0) is 0 Å². The second-order valence-corrected chi connectivity index (χ2v) is 6.72. The van der Waals surface area contributed by atoms with Crippen LogP contribution in [0.2, 0.25) is 0 Å². The highest BCUT2D eigenvalue weighted by molar-refractivity contribution is 4.94. The molecule has 2 unspecified atom stereocenters. The summed E-state index contributed by atoms with van der Waals surface area (Å²) in [7, 11) is 0. The minimum absolute atomic E-state index is 0.0996. The lowest BCUT2D eigenvalue weighted by atomic mass is 9.93. The summed E-state index contributed by atoms with van der Waals surface area (Å²) in [6.45, 7) is 9.37. The zero-order valence-electron chi connectivity index (χ0n) is 12.3. The maximum absolute atomic E-state index is 9.68. The molecule has 2 aliphatic carbocycles. The van der Waals surface area contributed by atoms with Crippen molar-refractivity contribution in [2.24, 2.45) is 5.92 Å². The average Bonchev–Trinajstić information content (AvgIpc) is 3.21. The van der Waals surface area contributed by atoms with Gasteiger partial charge in [-0.1, -0.05) is 6.92 Å².